The van der Waals surface area contributed by atoms with E-state index in [0.717, 1.165) is 56.2 Å². The van der Waals surface area contributed by atoms with Gasteiger partial charge in [0.25, 0.3) is 0 Å². The molecule has 0 bridgehead atoms. The number of nitrogens with zero attached hydrogens (tertiary/aromatic N) is 2. The molecule has 1 unspecified atom stereocenters. The number of aryl methyl sites for hydroxylation is 2. The molecule has 1 aliphatic rings. The predicted octanol–water partition coefficient (Wildman–Crippen LogP) is 6.78. The van der Waals surface area contributed by atoms with Gasteiger partial charge in [-0.2, -0.15) is 0 Å². The SMILES string of the molecule is COc1ccc2nccc(C(F)CC[C@@H]3CCN(CCCc4ccccc4C)C[C@@H]3CCC(=O)O)c2c1. The Morgan fingerprint density at radius 2 is 2.03 bits per heavy atom. The van der Waals surface area contributed by atoms with Crippen molar-refractivity contribution in [2.24, 2.45) is 11.8 Å². The molecule has 1 aromatic heterocycles. The highest BCUT2D eigenvalue weighted by molar-refractivity contribution is 5.83. The van der Waals surface area contributed by atoms with Crippen LogP contribution in [0.4, 0.5) is 4.39 Å². The van der Waals surface area contributed by atoms with Crippen molar-refractivity contribution in [3.63, 3.8) is 0 Å². The summed E-state index contributed by atoms with van der Waals surface area (Å²) in [4.78, 5) is 18.2. The topological polar surface area (TPSA) is 62.7 Å². The molecule has 1 saturated heterocycles. The second-order valence-corrected chi connectivity index (χ2v) is 10.4. The van der Waals surface area contributed by atoms with Crippen molar-refractivity contribution in [2.75, 3.05) is 26.7 Å². The minimum absolute atomic E-state index is 0.173. The van der Waals surface area contributed by atoms with E-state index in [2.05, 4.69) is 41.1 Å². The number of fused-ring (bicyclic) bond motifs is 1. The molecule has 0 radical (unpaired) electrons. The highest BCUT2D eigenvalue weighted by Crippen LogP contribution is 2.36. The van der Waals surface area contributed by atoms with Gasteiger partial charge in [-0.15, -0.1) is 0 Å². The molecule has 1 fully saturated rings. The molecule has 0 amide bonds. The zero-order valence-electron chi connectivity index (χ0n) is 22.0. The number of ether oxygens (including phenoxy) is 1. The van der Waals surface area contributed by atoms with Gasteiger partial charge in [-0.25, -0.2) is 4.39 Å². The molecule has 2 aromatic carbocycles. The second kappa shape index (κ2) is 13.0. The first-order chi connectivity index (χ1) is 17.9. The van der Waals surface area contributed by atoms with Crippen molar-refractivity contribution >= 4 is 16.9 Å². The van der Waals surface area contributed by atoms with Gasteiger partial charge in [0.2, 0.25) is 0 Å². The van der Waals surface area contributed by atoms with Crippen LogP contribution in [0.2, 0.25) is 0 Å². The fourth-order valence-corrected chi connectivity index (χ4v) is 5.82. The Hall–Kier alpha value is -2.99. The number of rotatable bonds is 12. The number of aliphatic carboxylic acids is 1. The number of piperidine rings is 1. The van der Waals surface area contributed by atoms with Gasteiger partial charge in [0.15, 0.2) is 0 Å². The zero-order valence-corrected chi connectivity index (χ0v) is 22.0. The highest BCUT2D eigenvalue weighted by Gasteiger charge is 2.30. The van der Waals surface area contributed by atoms with Crippen LogP contribution in [-0.4, -0.2) is 47.7 Å². The highest BCUT2D eigenvalue weighted by atomic mass is 19.1. The molecule has 0 aliphatic carbocycles. The Bertz CT molecular complexity index is 1180. The largest absolute Gasteiger partial charge is 0.497 e. The van der Waals surface area contributed by atoms with Crippen molar-refractivity contribution in [3.05, 3.63) is 71.4 Å². The lowest BCUT2D eigenvalue weighted by Gasteiger charge is -2.39. The molecule has 0 saturated carbocycles. The average molecular weight is 507 g/mol. The summed E-state index contributed by atoms with van der Waals surface area (Å²) in [5, 5.41) is 10.1. The van der Waals surface area contributed by atoms with Crippen molar-refractivity contribution < 1.29 is 19.0 Å². The van der Waals surface area contributed by atoms with Gasteiger partial charge in [-0.1, -0.05) is 24.3 Å². The Kier molecular flexibility index (Phi) is 9.51. The summed E-state index contributed by atoms with van der Waals surface area (Å²) in [6.45, 7) is 5.07. The third-order valence-electron chi connectivity index (χ3n) is 8.00. The summed E-state index contributed by atoms with van der Waals surface area (Å²) in [6.07, 6.45) is 5.73. The van der Waals surface area contributed by atoms with Gasteiger partial charge in [-0.3, -0.25) is 9.78 Å². The Labute approximate surface area is 219 Å². The number of hydrogen-bond donors (Lipinski definition) is 1. The molecule has 5 nitrogen and oxygen atoms in total. The first-order valence-electron chi connectivity index (χ1n) is 13.5. The van der Waals surface area contributed by atoms with E-state index < -0.39 is 12.1 Å². The molecule has 2 heterocycles. The van der Waals surface area contributed by atoms with E-state index in [1.165, 1.54) is 11.1 Å². The first kappa shape index (κ1) is 27.1. The number of halogens is 1. The molecule has 1 aliphatic heterocycles. The van der Waals surface area contributed by atoms with E-state index in [-0.39, 0.29) is 12.3 Å². The number of aromatic nitrogens is 1. The summed E-state index contributed by atoms with van der Waals surface area (Å²) in [5.74, 6) is 0.561. The number of carbonyl (C=O) groups is 1. The van der Waals surface area contributed by atoms with Gasteiger partial charge >= 0.3 is 5.97 Å². The van der Waals surface area contributed by atoms with Crippen molar-refractivity contribution in [2.45, 2.75) is 58.0 Å². The summed E-state index contributed by atoms with van der Waals surface area (Å²) >= 11 is 0. The number of carboxylic acids is 1. The fourth-order valence-electron chi connectivity index (χ4n) is 5.82. The lowest BCUT2D eigenvalue weighted by Crippen LogP contribution is -2.41. The smallest absolute Gasteiger partial charge is 0.303 e. The number of hydrogen-bond acceptors (Lipinski definition) is 4. The Balaban J connectivity index is 1.35. The van der Waals surface area contributed by atoms with E-state index in [0.29, 0.717) is 30.1 Å². The van der Waals surface area contributed by atoms with E-state index in [1.807, 2.05) is 18.2 Å². The van der Waals surface area contributed by atoms with Crippen LogP contribution in [0.15, 0.2) is 54.7 Å². The van der Waals surface area contributed by atoms with E-state index in [1.54, 1.807) is 19.4 Å². The molecule has 4 rings (SSSR count). The number of alkyl halides is 1. The maximum Gasteiger partial charge on any atom is 0.303 e. The van der Waals surface area contributed by atoms with Gasteiger partial charge < -0.3 is 14.7 Å². The van der Waals surface area contributed by atoms with Crippen LogP contribution in [0.25, 0.3) is 10.9 Å². The molecule has 3 atom stereocenters. The average Bonchev–Trinajstić information content (AvgIpc) is 2.91. The number of carboxylic acid groups (broad SMARTS) is 1. The maximum absolute atomic E-state index is 15.6. The molecule has 1 N–H and O–H groups in total. The standard InChI is InChI=1S/C31H39FN2O3/c1-22-6-3-4-7-23(22)8-5-18-34-19-16-24(25(21-34)10-14-31(35)36)9-12-29(32)27-15-17-33-30-13-11-26(37-2)20-28(27)30/h3-4,6-7,11,13,15,17,20,24-25,29H,5,8-10,12,14,16,18-19,21H2,1-2H3,(H,35,36)/t24-,25+,29?/m1/s1. The molecule has 0 spiro atoms. The predicted molar refractivity (Wildman–Crippen MR) is 146 cm³/mol. The monoisotopic (exact) mass is 506 g/mol. The molecular formula is C31H39FN2O3. The zero-order chi connectivity index (χ0) is 26.2. The van der Waals surface area contributed by atoms with Crippen molar-refractivity contribution in [1.82, 2.24) is 9.88 Å². The van der Waals surface area contributed by atoms with E-state index >= 15 is 4.39 Å². The minimum atomic E-state index is -1.09. The van der Waals surface area contributed by atoms with Crippen LogP contribution in [0, 0.1) is 18.8 Å². The van der Waals surface area contributed by atoms with Crippen LogP contribution < -0.4 is 4.74 Å². The molecule has 6 heteroatoms. The van der Waals surface area contributed by atoms with Gasteiger partial charge in [0.1, 0.15) is 11.9 Å². The number of methoxy groups -OCH3 is 1. The maximum atomic E-state index is 15.6. The summed E-state index contributed by atoms with van der Waals surface area (Å²) in [5.41, 5.74) is 4.15. The number of benzene rings is 2. The fraction of sp³-hybridized carbons (Fsp3) is 0.484. The second-order valence-electron chi connectivity index (χ2n) is 10.4. The van der Waals surface area contributed by atoms with Crippen LogP contribution >= 0.6 is 0 Å². The lowest BCUT2D eigenvalue weighted by molar-refractivity contribution is -0.137. The van der Waals surface area contributed by atoms with Crippen LogP contribution in [0.3, 0.4) is 0 Å². The molecule has 3 aromatic rings. The summed E-state index contributed by atoms with van der Waals surface area (Å²) < 4.78 is 20.9. The summed E-state index contributed by atoms with van der Waals surface area (Å²) in [7, 11) is 1.61. The summed E-state index contributed by atoms with van der Waals surface area (Å²) in [6, 6.07) is 15.9. The first-order valence-corrected chi connectivity index (χ1v) is 13.5. The van der Waals surface area contributed by atoms with Crippen LogP contribution in [0.5, 0.6) is 5.75 Å². The molecular weight excluding hydrogens is 467 g/mol. The van der Waals surface area contributed by atoms with Gasteiger partial charge in [-0.05, 0) is 111 Å². The number of pyridine rings is 1. The minimum Gasteiger partial charge on any atom is -0.497 e. The van der Waals surface area contributed by atoms with Crippen LogP contribution in [-0.2, 0) is 11.2 Å². The van der Waals surface area contributed by atoms with Crippen molar-refractivity contribution in [3.8, 4) is 5.75 Å². The van der Waals surface area contributed by atoms with E-state index in [4.69, 9.17) is 4.74 Å². The Morgan fingerprint density at radius 3 is 2.81 bits per heavy atom. The molecule has 37 heavy (non-hydrogen) atoms. The normalized spacial score (nSPS) is 19.1. The van der Waals surface area contributed by atoms with Gasteiger partial charge in [0, 0.05) is 24.5 Å². The quantitative estimate of drug-likeness (QED) is 0.293. The number of likely N-dealkylation sites (tertiary alicyclic amines) is 1. The van der Waals surface area contributed by atoms with Gasteiger partial charge in [0.05, 0.1) is 12.6 Å². The Morgan fingerprint density at radius 1 is 1.19 bits per heavy atom. The molecule has 198 valence electrons. The third-order valence-corrected chi connectivity index (χ3v) is 8.00. The van der Waals surface area contributed by atoms with Crippen molar-refractivity contribution in [1.29, 1.82) is 0 Å². The van der Waals surface area contributed by atoms with Crippen LogP contribution in [0.1, 0.15) is 61.4 Å². The third kappa shape index (κ3) is 7.29. The van der Waals surface area contributed by atoms with E-state index in [9.17, 15) is 9.90 Å². The lowest BCUT2D eigenvalue weighted by atomic mass is 9.79.